The highest BCUT2D eigenvalue weighted by Gasteiger charge is 2.18. The number of hydrogen-bond acceptors (Lipinski definition) is 3. The van der Waals surface area contributed by atoms with E-state index in [4.69, 9.17) is 9.88 Å². The number of methoxy groups -OCH3 is 1. The van der Waals surface area contributed by atoms with E-state index in [1.54, 1.807) is 26.2 Å². The fourth-order valence-electron chi connectivity index (χ4n) is 1.59. The molecule has 0 aliphatic heterocycles. The van der Waals surface area contributed by atoms with Crippen molar-refractivity contribution >= 4 is 10.0 Å². The minimum atomic E-state index is -3.68. The lowest BCUT2D eigenvalue weighted by atomic mass is 10.0. The van der Waals surface area contributed by atoms with Crippen LogP contribution in [0.4, 0.5) is 0 Å². The summed E-state index contributed by atoms with van der Waals surface area (Å²) in [6.07, 6.45) is 0. The van der Waals surface area contributed by atoms with Crippen LogP contribution >= 0.6 is 0 Å². The largest absolute Gasteiger partial charge is 0.496 e. The Morgan fingerprint density at radius 3 is 2.25 bits per heavy atom. The summed E-state index contributed by atoms with van der Waals surface area (Å²) in [6, 6.07) is 3.29. The molecule has 0 spiro atoms. The van der Waals surface area contributed by atoms with Crippen LogP contribution in [0.2, 0.25) is 0 Å². The Morgan fingerprint density at radius 1 is 1.31 bits per heavy atom. The molecule has 0 radical (unpaired) electrons. The van der Waals surface area contributed by atoms with E-state index in [0.717, 1.165) is 5.56 Å². The maximum absolute atomic E-state index is 11.4. The van der Waals surface area contributed by atoms with Gasteiger partial charge in [0.25, 0.3) is 0 Å². The molecular weight excluding hydrogens is 226 g/mol. The summed E-state index contributed by atoms with van der Waals surface area (Å²) < 4.78 is 28.1. The number of aryl methyl sites for hydroxylation is 1. The molecule has 1 aromatic carbocycles. The van der Waals surface area contributed by atoms with E-state index >= 15 is 0 Å². The zero-order chi connectivity index (χ0) is 12.5. The second-order valence-corrected chi connectivity index (χ2v) is 5.59. The minimum absolute atomic E-state index is 0.0721. The van der Waals surface area contributed by atoms with E-state index in [9.17, 15) is 8.42 Å². The Kier molecular flexibility index (Phi) is 3.60. The molecule has 2 N–H and O–H groups in total. The van der Waals surface area contributed by atoms with Gasteiger partial charge < -0.3 is 4.74 Å². The van der Waals surface area contributed by atoms with Crippen molar-refractivity contribution in [3.63, 3.8) is 0 Å². The molecule has 0 bridgehead atoms. The Morgan fingerprint density at radius 2 is 1.88 bits per heavy atom. The van der Waals surface area contributed by atoms with Gasteiger partial charge in [0.1, 0.15) is 5.75 Å². The third-order valence-electron chi connectivity index (χ3n) is 2.46. The Balaban J connectivity index is 3.55. The average Bonchev–Trinajstić information content (AvgIpc) is 2.15. The van der Waals surface area contributed by atoms with E-state index in [0.29, 0.717) is 11.3 Å². The van der Waals surface area contributed by atoms with Gasteiger partial charge >= 0.3 is 0 Å². The molecule has 0 aliphatic rings. The van der Waals surface area contributed by atoms with Crippen LogP contribution in [-0.4, -0.2) is 15.5 Å². The lowest BCUT2D eigenvalue weighted by Crippen LogP contribution is -2.15. The summed E-state index contributed by atoms with van der Waals surface area (Å²) in [6.45, 7) is 5.62. The molecule has 0 amide bonds. The second kappa shape index (κ2) is 4.43. The summed E-state index contributed by atoms with van der Waals surface area (Å²) in [5.74, 6) is 0.749. The van der Waals surface area contributed by atoms with Gasteiger partial charge in [-0.15, -0.1) is 0 Å². The van der Waals surface area contributed by atoms with Crippen LogP contribution in [0, 0.1) is 6.92 Å². The Hall–Kier alpha value is -1.07. The van der Waals surface area contributed by atoms with E-state index in [1.165, 1.54) is 0 Å². The van der Waals surface area contributed by atoms with Crippen molar-refractivity contribution in [2.75, 3.05) is 7.11 Å². The molecule has 0 heterocycles. The fraction of sp³-hybridized carbons (Fsp3) is 0.455. The summed E-state index contributed by atoms with van der Waals surface area (Å²) in [5.41, 5.74) is 1.45. The van der Waals surface area contributed by atoms with Crippen molar-refractivity contribution in [2.24, 2.45) is 5.14 Å². The van der Waals surface area contributed by atoms with Gasteiger partial charge in [0.2, 0.25) is 10.0 Å². The smallest absolute Gasteiger partial charge is 0.238 e. The normalized spacial score (nSPS) is 11.9. The van der Waals surface area contributed by atoms with Crippen molar-refractivity contribution < 1.29 is 13.2 Å². The fourth-order valence-corrected chi connectivity index (χ4v) is 2.56. The van der Waals surface area contributed by atoms with Gasteiger partial charge in [-0.25, -0.2) is 13.6 Å². The molecular formula is C11H17NO3S. The lowest BCUT2D eigenvalue weighted by molar-refractivity contribution is 0.410. The highest BCUT2D eigenvalue weighted by atomic mass is 32.2. The van der Waals surface area contributed by atoms with Crippen LogP contribution in [0.25, 0.3) is 0 Å². The maximum Gasteiger partial charge on any atom is 0.238 e. The van der Waals surface area contributed by atoms with Crippen LogP contribution in [-0.2, 0) is 10.0 Å². The number of primary sulfonamides is 1. The SMILES string of the molecule is COc1cc(C(C)C)c(S(N)(=O)=O)cc1C. The van der Waals surface area contributed by atoms with Crippen molar-refractivity contribution in [1.82, 2.24) is 0 Å². The Bertz CT molecular complexity index is 492. The summed E-state index contributed by atoms with van der Waals surface area (Å²) in [5, 5.41) is 5.19. The summed E-state index contributed by atoms with van der Waals surface area (Å²) >= 11 is 0. The first-order valence-corrected chi connectivity index (χ1v) is 6.53. The number of rotatable bonds is 3. The zero-order valence-corrected chi connectivity index (χ0v) is 10.8. The number of ether oxygens (including phenoxy) is 1. The number of hydrogen-bond donors (Lipinski definition) is 1. The molecule has 5 heteroatoms. The molecule has 90 valence electrons. The maximum atomic E-state index is 11.4. The molecule has 0 aromatic heterocycles. The molecule has 1 rings (SSSR count). The highest BCUT2D eigenvalue weighted by molar-refractivity contribution is 7.89. The van der Waals surface area contributed by atoms with Crippen LogP contribution in [0.15, 0.2) is 17.0 Å². The number of nitrogens with two attached hydrogens (primary N) is 1. The lowest BCUT2D eigenvalue weighted by Gasteiger charge is -2.14. The van der Waals surface area contributed by atoms with Crippen LogP contribution < -0.4 is 9.88 Å². The monoisotopic (exact) mass is 243 g/mol. The molecule has 0 saturated heterocycles. The third kappa shape index (κ3) is 2.54. The molecule has 0 saturated carbocycles. The standard InChI is InChI=1S/C11H17NO3S/c1-7(2)9-6-10(15-4)8(3)5-11(9)16(12,13)14/h5-7H,1-4H3,(H2,12,13,14). The molecule has 0 atom stereocenters. The van der Waals surface area contributed by atoms with Crippen molar-refractivity contribution in [3.05, 3.63) is 23.3 Å². The highest BCUT2D eigenvalue weighted by Crippen LogP contribution is 2.30. The number of sulfonamides is 1. The first kappa shape index (κ1) is 13.0. The predicted octanol–water partition coefficient (Wildman–Crippen LogP) is 1.77. The van der Waals surface area contributed by atoms with Gasteiger partial charge in [0, 0.05) is 0 Å². The molecule has 1 aromatic rings. The van der Waals surface area contributed by atoms with Crippen molar-refractivity contribution in [1.29, 1.82) is 0 Å². The van der Waals surface area contributed by atoms with Crippen molar-refractivity contribution in [3.8, 4) is 5.75 Å². The average molecular weight is 243 g/mol. The van der Waals surface area contributed by atoms with Crippen LogP contribution in [0.3, 0.4) is 0 Å². The first-order valence-electron chi connectivity index (χ1n) is 4.98. The van der Waals surface area contributed by atoms with Crippen LogP contribution in [0.5, 0.6) is 5.75 Å². The summed E-state index contributed by atoms with van der Waals surface area (Å²) in [7, 11) is -2.12. The van der Waals surface area contributed by atoms with E-state index in [-0.39, 0.29) is 10.8 Å². The van der Waals surface area contributed by atoms with Gasteiger partial charge in [-0.1, -0.05) is 13.8 Å². The van der Waals surface area contributed by atoms with E-state index < -0.39 is 10.0 Å². The molecule has 0 unspecified atom stereocenters. The van der Waals surface area contributed by atoms with Gasteiger partial charge in [0.05, 0.1) is 12.0 Å². The van der Waals surface area contributed by atoms with Crippen LogP contribution in [0.1, 0.15) is 30.9 Å². The molecule has 0 fully saturated rings. The second-order valence-electron chi connectivity index (χ2n) is 4.06. The molecule has 0 aliphatic carbocycles. The van der Waals surface area contributed by atoms with Crippen molar-refractivity contribution in [2.45, 2.75) is 31.6 Å². The number of benzene rings is 1. The van der Waals surface area contributed by atoms with Gasteiger partial charge in [-0.3, -0.25) is 0 Å². The zero-order valence-electron chi connectivity index (χ0n) is 9.94. The molecule has 16 heavy (non-hydrogen) atoms. The predicted molar refractivity (Wildman–Crippen MR) is 63.2 cm³/mol. The quantitative estimate of drug-likeness (QED) is 0.879. The topological polar surface area (TPSA) is 69.4 Å². The van der Waals surface area contributed by atoms with Gasteiger partial charge in [-0.05, 0) is 36.1 Å². The van der Waals surface area contributed by atoms with Gasteiger partial charge in [0.15, 0.2) is 0 Å². The Labute approximate surface area is 96.5 Å². The van der Waals surface area contributed by atoms with E-state index in [1.807, 2.05) is 13.8 Å². The summed E-state index contributed by atoms with van der Waals surface area (Å²) in [4.78, 5) is 0.181. The first-order chi connectivity index (χ1) is 7.27. The van der Waals surface area contributed by atoms with E-state index in [2.05, 4.69) is 0 Å². The minimum Gasteiger partial charge on any atom is -0.496 e. The van der Waals surface area contributed by atoms with Gasteiger partial charge in [-0.2, -0.15) is 0 Å². The third-order valence-corrected chi connectivity index (χ3v) is 3.42. The molecule has 4 nitrogen and oxygen atoms in total.